The lowest BCUT2D eigenvalue weighted by Crippen LogP contribution is -2.43. The molecule has 4 rings (SSSR count). The molecule has 3 aromatic rings. The number of hydrogen-bond acceptors (Lipinski definition) is 5. The summed E-state index contributed by atoms with van der Waals surface area (Å²) in [5.74, 6) is 0.868. The van der Waals surface area contributed by atoms with Gasteiger partial charge in [-0.15, -0.1) is 0 Å². The molecule has 1 amide bonds. The van der Waals surface area contributed by atoms with Crippen LogP contribution in [0.2, 0.25) is 0 Å². The van der Waals surface area contributed by atoms with E-state index in [9.17, 15) is 9.59 Å². The van der Waals surface area contributed by atoms with Gasteiger partial charge in [0, 0.05) is 25.6 Å². The molecular weight excluding hydrogens is 414 g/mol. The number of benzene rings is 2. The van der Waals surface area contributed by atoms with Crippen LogP contribution in [0.5, 0.6) is 0 Å². The molecule has 0 saturated carbocycles. The van der Waals surface area contributed by atoms with Crippen molar-refractivity contribution in [1.29, 1.82) is 0 Å². The van der Waals surface area contributed by atoms with Crippen LogP contribution in [0.4, 0.5) is 0 Å². The Morgan fingerprint density at radius 1 is 1.15 bits per heavy atom. The topological polar surface area (TPSA) is 81.3 Å². The van der Waals surface area contributed by atoms with Crippen LogP contribution < -0.4 is 10.9 Å². The fourth-order valence-corrected chi connectivity index (χ4v) is 4.51. The highest BCUT2D eigenvalue weighted by molar-refractivity contribution is 5.78. The quantitative estimate of drug-likeness (QED) is 0.555. The summed E-state index contributed by atoms with van der Waals surface area (Å²) in [6.45, 7) is 6.03. The van der Waals surface area contributed by atoms with Gasteiger partial charge in [-0.3, -0.25) is 14.5 Å². The van der Waals surface area contributed by atoms with Crippen molar-refractivity contribution in [2.24, 2.45) is 5.92 Å². The van der Waals surface area contributed by atoms with Crippen molar-refractivity contribution in [3.63, 3.8) is 0 Å². The predicted molar refractivity (Wildman–Crippen MR) is 131 cm³/mol. The fourth-order valence-electron chi connectivity index (χ4n) is 4.51. The minimum atomic E-state index is -0.103. The van der Waals surface area contributed by atoms with Crippen molar-refractivity contribution in [2.75, 3.05) is 33.2 Å². The van der Waals surface area contributed by atoms with Gasteiger partial charge < -0.3 is 15.2 Å². The number of likely N-dealkylation sites (tertiary alicyclic amines) is 1. The fraction of sp³-hybridized carbons (Fsp3) is 0.423. The van der Waals surface area contributed by atoms with Crippen LogP contribution in [0.25, 0.3) is 10.9 Å². The van der Waals surface area contributed by atoms with Gasteiger partial charge in [-0.2, -0.15) is 0 Å². The van der Waals surface area contributed by atoms with E-state index in [1.807, 2.05) is 36.4 Å². The van der Waals surface area contributed by atoms with E-state index < -0.39 is 0 Å². The van der Waals surface area contributed by atoms with E-state index in [0.717, 1.165) is 44.5 Å². The van der Waals surface area contributed by atoms with Gasteiger partial charge in [0.1, 0.15) is 5.82 Å². The molecule has 7 nitrogen and oxygen atoms in total. The normalized spacial score (nSPS) is 16.2. The first kappa shape index (κ1) is 23.1. The van der Waals surface area contributed by atoms with Gasteiger partial charge in [-0.25, -0.2) is 4.98 Å². The minimum absolute atomic E-state index is 0.00189. The molecule has 0 radical (unpaired) electrons. The molecule has 1 fully saturated rings. The Balaban J connectivity index is 1.23. The van der Waals surface area contributed by atoms with E-state index >= 15 is 0 Å². The monoisotopic (exact) mass is 447 g/mol. The Bertz CT molecular complexity index is 1120. The Morgan fingerprint density at radius 3 is 2.61 bits per heavy atom. The molecule has 1 aliphatic rings. The smallest absolute Gasteiger partial charge is 0.258 e. The third-order valence-electron chi connectivity index (χ3n) is 6.56. The van der Waals surface area contributed by atoms with Gasteiger partial charge in [0.2, 0.25) is 5.91 Å². The Morgan fingerprint density at radius 2 is 1.85 bits per heavy atom. The van der Waals surface area contributed by atoms with E-state index in [2.05, 4.69) is 51.2 Å². The summed E-state index contributed by atoms with van der Waals surface area (Å²) in [6, 6.07) is 17.8. The number of amides is 1. The molecular formula is C26H33N5O2. The minimum Gasteiger partial charge on any atom is -0.355 e. The zero-order valence-corrected chi connectivity index (χ0v) is 19.5. The molecule has 0 aliphatic carbocycles. The average molecular weight is 448 g/mol. The van der Waals surface area contributed by atoms with E-state index in [0.29, 0.717) is 17.8 Å². The second-order valence-electron chi connectivity index (χ2n) is 8.97. The maximum absolute atomic E-state index is 12.7. The van der Waals surface area contributed by atoms with Crippen LogP contribution in [0.3, 0.4) is 0 Å². The van der Waals surface area contributed by atoms with Crippen molar-refractivity contribution in [2.45, 2.75) is 32.4 Å². The molecule has 0 bridgehead atoms. The number of nitrogens with one attached hydrogen (secondary N) is 2. The second kappa shape index (κ2) is 10.7. The molecule has 0 spiro atoms. The lowest BCUT2D eigenvalue weighted by atomic mass is 9.95. The molecule has 2 aromatic carbocycles. The first-order valence-corrected chi connectivity index (χ1v) is 11.7. The van der Waals surface area contributed by atoms with Crippen LogP contribution in [0.1, 0.15) is 37.2 Å². The molecule has 1 aliphatic heterocycles. The maximum Gasteiger partial charge on any atom is 0.258 e. The van der Waals surface area contributed by atoms with Gasteiger partial charge in [0.05, 0.1) is 16.9 Å². The van der Waals surface area contributed by atoms with Gasteiger partial charge in [0.25, 0.3) is 5.56 Å². The molecule has 1 saturated heterocycles. The van der Waals surface area contributed by atoms with Gasteiger partial charge >= 0.3 is 0 Å². The van der Waals surface area contributed by atoms with Gasteiger partial charge in [0.15, 0.2) is 0 Å². The number of likely N-dealkylation sites (N-methyl/N-ethyl adjacent to an activating group) is 1. The Hall–Kier alpha value is -3.03. The van der Waals surface area contributed by atoms with Crippen LogP contribution in [0.15, 0.2) is 59.4 Å². The summed E-state index contributed by atoms with van der Waals surface area (Å²) in [5.41, 5.74) is 1.89. The molecule has 2 heterocycles. The SMILES string of the molecule is C[C@H](c1nc2ccccc2c(=O)[nH]1)N1CCC(C(=O)NCCN(C)Cc2ccccc2)CC1. The highest BCUT2D eigenvalue weighted by Gasteiger charge is 2.28. The zero-order chi connectivity index (χ0) is 23.2. The van der Waals surface area contributed by atoms with Gasteiger partial charge in [-0.05, 0) is 57.6 Å². The lowest BCUT2D eigenvalue weighted by Gasteiger charge is -2.35. The van der Waals surface area contributed by atoms with E-state index in [1.165, 1.54) is 5.56 Å². The summed E-state index contributed by atoms with van der Waals surface area (Å²) in [5, 5.41) is 3.72. The summed E-state index contributed by atoms with van der Waals surface area (Å²) >= 11 is 0. The number of nitrogens with zero attached hydrogens (tertiary/aromatic N) is 3. The van der Waals surface area contributed by atoms with Crippen LogP contribution in [-0.4, -0.2) is 58.9 Å². The van der Waals surface area contributed by atoms with Crippen molar-refractivity contribution >= 4 is 16.8 Å². The number of para-hydroxylation sites is 1. The third kappa shape index (κ3) is 5.86. The van der Waals surface area contributed by atoms with Crippen LogP contribution in [0, 0.1) is 5.92 Å². The summed E-state index contributed by atoms with van der Waals surface area (Å²) in [7, 11) is 2.07. The highest BCUT2D eigenvalue weighted by Crippen LogP contribution is 2.25. The number of carbonyl (C=O) groups excluding carboxylic acids is 1. The number of rotatable bonds is 8. The predicted octanol–water partition coefficient (Wildman–Crippen LogP) is 2.94. The van der Waals surface area contributed by atoms with Crippen LogP contribution in [-0.2, 0) is 11.3 Å². The largest absolute Gasteiger partial charge is 0.355 e. The Labute approximate surface area is 194 Å². The first-order valence-electron chi connectivity index (χ1n) is 11.7. The number of hydrogen-bond donors (Lipinski definition) is 2. The number of piperidine rings is 1. The maximum atomic E-state index is 12.7. The molecule has 33 heavy (non-hydrogen) atoms. The van der Waals surface area contributed by atoms with Crippen molar-refractivity contribution in [3.8, 4) is 0 Å². The number of carbonyl (C=O) groups is 1. The highest BCUT2D eigenvalue weighted by atomic mass is 16.2. The number of aromatic nitrogens is 2. The molecule has 1 atom stereocenters. The van der Waals surface area contributed by atoms with Crippen molar-refractivity contribution in [3.05, 3.63) is 76.3 Å². The average Bonchev–Trinajstić information content (AvgIpc) is 2.84. The molecule has 1 aromatic heterocycles. The van der Waals surface area contributed by atoms with Crippen LogP contribution >= 0.6 is 0 Å². The summed E-state index contributed by atoms with van der Waals surface area (Å²) in [6.07, 6.45) is 1.63. The molecule has 174 valence electrons. The number of aromatic amines is 1. The molecule has 2 N–H and O–H groups in total. The molecule has 0 unspecified atom stereocenters. The van der Waals surface area contributed by atoms with E-state index in [4.69, 9.17) is 0 Å². The standard InChI is InChI=1S/C26H33N5O2/c1-19(24-28-23-11-7-6-10-22(23)26(33)29-24)31-15-12-21(13-16-31)25(32)27-14-17-30(2)18-20-8-4-3-5-9-20/h3-11,19,21H,12-18H2,1-2H3,(H,27,32)(H,28,29,33)/t19-/m1/s1. The number of H-pyrrole nitrogens is 1. The van der Waals surface area contributed by atoms with E-state index in [-0.39, 0.29) is 23.4 Å². The summed E-state index contributed by atoms with van der Waals surface area (Å²) < 4.78 is 0. The molecule has 7 heteroatoms. The van der Waals surface area contributed by atoms with E-state index in [1.54, 1.807) is 6.07 Å². The van der Waals surface area contributed by atoms with Gasteiger partial charge in [-0.1, -0.05) is 42.5 Å². The lowest BCUT2D eigenvalue weighted by molar-refractivity contribution is -0.126. The Kier molecular flexibility index (Phi) is 7.52. The number of fused-ring (bicyclic) bond motifs is 1. The first-order chi connectivity index (χ1) is 16.0. The second-order valence-corrected chi connectivity index (χ2v) is 8.97. The zero-order valence-electron chi connectivity index (χ0n) is 19.5. The summed E-state index contributed by atoms with van der Waals surface area (Å²) in [4.78, 5) is 37.2. The van der Waals surface area contributed by atoms with Crippen molar-refractivity contribution < 1.29 is 4.79 Å². The van der Waals surface area contributed by atoms with Crippen molar-refractivity contribution in [1.82, 2.24) is 25.1 Å². The third-order valence-corrected chi connectivity index (χ3v) is 6.56.